The summed E-state index contributed by atoms with van der Waals surface area (Å²) in [6, 6.07) is 0. The molecule has 9 heavy (non-hydrogen) atoms. The van der Waals surface area contributed by atoms with Crippen molar-refractivity contribution in [3.63, 3.8) is 0 Å². The highest BCUT2D eigenvalue weighted by molar-refractivity contribution is 5.60. The van der Waals surface area contributed by atoms with Gasteiger partial charge in [-0.25, -0.2) is 0 Å². The van der Waals surface area contributed by atoms with Gasteiger partial charge >= 0.3 is 0 Å². The molecule has 1 nitrogen and oxygen atoms in total. The van der Waals surface area contributed by atoms with E-state index in [4.69, 9.17) is 0 Å². The lowest BCUT2D eigenvalue weighted by Crippen LogP contribution is -1.95. The van der Waals surface area contributed by atoms with Gasteiger partial charge in [0.2, 0.25) is 0 Å². The zero-order valence-electron chi connectivity index (χ0n) is 6.09. The second-order valence-electron chi connectivity index (χ2n) is 2.67. The standard InChI is InChI=1S/C8H13N/c1-7(2)8-5-3-4-6-9-8/h5-7H,3-4H2,1-2H3. The zero-order valence-corrected chi connectivity index (χ0v) is 6.09. The SMILES string of the molecule is CC(C)C1=CCCC=N1. The van der Waals surface area contributed by atoms with E-state index >= 15 is 0 Å². The number of rotatable bonds is 1. The highest BCUT2D eigenvalue weighted by Crippen LogP contribution is 2.14. The van der Waals surface area contributed by atoms with Gasteiger partial charge in [-0.15, -0.1) is 0 Å². The first-order valence-corrected chi connectivity index (χ1v) is 3.53. The fraction of sp³-hybridized carbons (Fsp3) is 0.625. The molecule has 1 heteroatoms. The van der Waals surface area contributed by atoms with Crippen molar-refractivity contribution in [2.75, 3.05) is 0 Å². The van der Waals surface area contributed by atoms with E-state index in [0.717, 1.165) is 6.42 Å². The Balaban J connectivity index is 2.58. The quantitative estimate of drug-likeness (QED) is 0.507. The maximum absolute atomic E-state index is 4.27. The van der Waals surface area contributed by atoms with E-state index in [1.165, 1.54) is 12.1 Å². The minimum Gasteiger partial charge on any atom is -0.266 e. The lowest BCUT2D eigenvalue weighted by atomic mass is 10.1. The first-order valence-electron chi connectivity index (χ1n) is 3.53. The molecule has 0 aliphatic carbocycles. The molecule has 1 heterocycles. The second kappa shape index (κ2) is 2.81. The third-order valence-corrected chi connectivity index (χ3v) is 1.48. The molecule has 1 rings (SSSR count). The number of aliphatic imine (C=N–C) groups is 1. The summed E-state index contributed by atoms with van der Waals surface area (Å²) < 4.78 is 0. The molecule has 1 aliphatic rings. The van der Waals surface area contributed by atoms with Crippen molar-refractivity contribution < 1.29 is 0 Å². The summed E-state index contributed by atoms with van der Waals surface area (Å²) in [5.41, 5.74) is 1.25. The Bertz CT molecular complexity index is 143. The molecule has 0 radical (unpaired) electrons. The Morgan fingerprint density at radius 3 is 2.56 bits per heavy atom. The van der Waals surface area contributed by atoms with Gasteiger partial charge < -0.3 is 0 Å². The predicted octanol–water partition coefficient (Wildman–Crippen LogP) is 2.39. The normalized spacial score (nSPS) is 18.3. The van der Waals surface area contributed by atoms with Crippen LogP contribution in [0.25, 0.3) is 0 Å². The van der Waals surface area contributed by atoms with E-state index < -0.39 is 0 Å². The molecular weight excluding hydrogens is 110 g/mol. The van der Waals surface area contributed by atoms with Crippen LogP contribution in [0.3, 0.4) is 0 Å². The first-order chi connectivity index (χ1) is 4.30. The van der Waals surface area contributed by atoms with Crippen molar-refractivity contribution in [1.29, 1.82) is 0 Å². The second-order valence-corrected chi connectivity index (χ2v) is 2.67. The summed E-state index contributed by atoms with van der Waals surface area (Å²) in [6.07, 6.45) is 6.53. The van der Waals surface area contributed by atoms with E-state index in [1.54, 1.807) is 0 Å². The summed E-state index contributed by atoms with van der Waals surface area (Å²) in [5, 5.41) is 0. The van der Waals surface area contributed by atoms with Gasteiger partial charge in [-0.2, -0.15) is 0 Å². The molecule has 0 bridgehead atoms. The van der Waals surface area contributed by atoms with Crippen LogP contribution in [0.4, 0.5) is 0 Å². The minimum atomic E-state index is 0.599. The number of hydrogen-bond donors (Lipinski definition) is 0. The molecule has 0 unspecified atom stereocenters. The fourth-order valence-corrected chi connectivity index (χ4v) is 0.913. The Kier molecular flexibility index (Phi) is 2.04. The van der Waals surface area contributed by atoms with Gasteiger partial charge in [0.25, 0.3) is 0 Å². The van der Waals surface area contributed by atoms with Crippen molar-refractivity contribution >= 4 is 6.21 Å². The highest BCUT2D eigenvalue weighted by atomic mass is 14.7. The van der Waals surface area contributed by atoms with Crippen molar-refractivity contribution in [3.05, 3.63) is 11.8 Å². The molecule has 0 fully saturated rings. The molecule has 0 aromatic rings. The summed E-state index contributed by atoms with van der Waals surface area (Å²) >= 11 is 0. The minimum absolute atomic E-state index is 0.599. The van der Waals surface area contributed by atoms with Crippen LogP contribution in [0, 0.1) is 5.92 Å². The molecule has 0 saturated heterocycles. The number of allylic oxidation sites excluding steroid dienone is 2. The topological polar surface area (TPSA) is 12.4 Å². The van der Waals surface area contributed by atoms with E-state index in [2.05, 4.69) is 24.9 Å². The van der Waals surface area contributed by atoms with Crippen LogP contribution >= 0.6 is 0 Å². The van der Waals surface area contributed by atoms with Crippen molar-refractivity contribution in [3.8, 4) is 0 Å². The van der Waals surface area contributed by atoms with Crippen LogP contribution < -0.4 is 0 Å². The maximum atomic E-state index is 4.27. The Morgan fingerprint density at radius 2 is 2.22 bits per heavy atom. The first kappa shape index (κ1) is 6.53. The summed E-state index contributed by atoms with van der Waals surface area (Å²) in [6.45, 7) is 4.35. The predicted molar refractivity (Wildman–Crippen MR) is 40.6 cm³/mol. The molecule has 50 valence electrons. The van der Waals surface area contributed by atoms with Crippen molar-refractivity contribution in [1.82, 2.24) is 0 Å². The van der Waals surface area contributed by atoms with Gasteiger partial charge in [0.15, 0.2) is 0 Å². The van der Waals surface area contributed by atoms with E-state index in [0.29, 0.717) is 5.92 Å². The fourth-order valence-electron chi connectivity index (χ4n) is 0.913. The third kappa shape index (κ3) is 1.67. The zero-order chi connectivity index (χ0) is 6.69. The van der Waals surface area contributed by atoms with Gasteiger partial charge in [-0.3, -0.25) is 4.99 Å². The molecule has 0 atom stereocenters. The summed E-state index contributed by atoms with van der Waals surface area (Å²) in [4.78, 5) is 4.27. The van der Waals surface area contributed by atoms with Crippen LogP contribution in [0.1, 0.15) is 26.7 Å². The van der Waals surface area contributed by atoms with Crippen LogP contribution in [0.2, 0.25) is 0 Å². The molecule has 0 aromatic heterocycles. The van der Waals surface area contributed by atoms with Gasteiger partial charge in [0.05, 0.1) is 0 Å². The largest absolute Gasteiger partial charge is 0.266 e. The average molecular weight is 123 g/mol. The molecule has 0 saturated carbocycles. The third-order valence-electron chi connectivity index (χ3n) is 1.48. The van der Waals surface area contributed by atoms with Gasteiger partial charge in [-0.1, -0.05) is 19.9 Å². The molecular formula is C8H13N. The van der Waals surface area contributed by atoms with Crippen LogP contribution in [0.15, 0.2) is 16.8 Å². The van der Waals surface area contributed by atoms with Crippen LogP contribution in [-0.4, -0.2) is 6.21 Å². The molecule has 0 spiro atoms. The van der Waals surface area contributed by atoms with Crippen LogP contribution in [0.5, 0.6) is 0 Å². The lowest BCUT2D eigenvalue weighted by Gasteiger charge is -2.08. The summed E-state index contributed by atoms with van der Waals surface area (Å²) in [5.74, 6) is 0.599. The lowest BCUT2D eigenvalue weighted by molar-refractivity contribution is 0.743. The highest BCUT2D eigenvalue weighted by Gasteiger charge is 2.01. The smallest absolute Gasteiger partial charge is 0.0385 e. The molecule has 0 amide bonds. The van der Waals surface area contributed by atoms with Gasteiger partial charge in [0, 0.05) is 11.9 Å². The van der Waals surface area contributed by atoms with Crippen LogP contribution in [-0.2, 0) is 0 Å². The number of hydrogen-bond acceptors (Lipinski definition) is 1. The molecule has 0 N–H and O–H groups in total. The monoisotopic (exact) mass is 123 g/mol. The van der Waals surface area contributed by atoms with Crippen molar-refractivity contribution in [2.45, 2.75) is 26.7 Å². The van der Waals surface area contributed by atoms with E-state index in [1.807, 2.05) is 6.21 Å². The average Bonchev–Trinajstić information content (AvgIpc) is 1.90. The van der Waals surface area contributed by atoms with Crippen molar-refractivity contribution in [2.24, 2.45) is 10.9 Å². The number of nitrogens with zero attached hydrogens (tertiary/aromatic N) is 1. The Hall–Kier alpha value is -0.590. The molecule has 0 aromatic carbocycles. The van der Waals surface area contributed by atoms with E-state index in [-0.39, 0.29) is 0 Å². The maximum Gasteiger partial charge on any atom is 0.0385 e. The Morgan fingerprint density at radius 1 is 1.44 bits per heavy atom. The van der Waals surface area contributed by atoms with Gasteiger partial charge in [-0.05, 0) is 18.8 Å². The summed E-state index contributed by atoms with van der Waals surface area (Å²) in [7, 11) is 0. The van der Waals surface area contributed by atoms with Gasteiger partial charge in [0.1, 0.15) is 0 Å². The van der Waals surface area contributed by atoms with E-state index in [9.17, 15) is 0 Å². The molecule has 1 aliphatic heterocycles. The Labute approximate surface area is 56.5 Å².